The fraction of sp³-hybridized carbons (Fsp3) is 0.929. The zero-order valence-electron chi connectivity index (χ0n) is 11.2. The Morgan fingerprint density at radius 1 is 1.24 bits per heavy atom. The van der Waals surface area contributed by atoms with Crippen molar-refractivity contribution in [2.75, 3.05) is 6.54 Å². The number of hydrogen-bond acceptors (Lipinski definition) is 1. The molecule has 0 aromatic heterocycles. The van der Waals surface area contributed by atoms with Gasteiger partial charge >= 0.3 is 6.03 Å². The molecule has 0 aromatic carbocycles. The van der Waals surface area contributed by atoms with Gasteiger partial charge in [0, 0.05) is 18.6 Å². The quantitative estimate of drug-likeness (QED) is 0.784. The van der Waals surface area contributed by atoms with Crippen molar-refractivity contribution in [1.82, 2.24) is 10.2 Å². The van der Waals surface area contributed by atoms with Crippen LogP contribution in [0.15, 0.2) is 0 Å². The first-order chi connectivity index (χ1) is 8.16. The molecule has 3 heteroatoms. The van der Waals surface area contributed by atoms with Crippen LogP contribution in [0.5, 0.6) is 0 Å². The van der Waals surface area contributed by atoms with Gasteiger partial charge < -0.3 is 10.2 Å². The molecule has 0 aliphatic heterocycles. The molecule has 0 bridgehead atoms. The van der Waals surface area contributed by atoms with Gasteiger partial charge in [0.2, 0.25) is 0 Å². The third-order valence-electron chi connectivity index (χ3n) is 3.88. The zero-order valence-corrected chi connectivity index (χ0v) is 11.2. The first kappa shape index (κ1) is 12.7. The van der Waals surface area contributed by atoms with Gasteiger partial charge in [0.1, 0.15) is 0 Å². The van der Waals surface area contributed by atoms with Gasteiger partial charge in [-0.2, -0.15) is 0 Å². The van der Waals surface area contributed by atoms with Gasteiger partial charge in [0.25, 0.3) is 0 Å². The highest BCUT2D eigenvalue weighted by atomic mass is 16.2. The minimum atomic E-state index is 0.194. The maximum absolute atomic E-state index is 12.2. The minimum absolute atomic E-state index is 0.194. The SMILES string of the molecule is CC(C)CCN(C(=O)NC1CC1)C1CCCC1. The van der Waals surface area contributed by atoms with E-state index in [2.05, 4.69) is 24.1 Å². The number of urea groups is 1. The van der Waals surface area contributed by atoms with Crippen LogP contribution in [0.1, 0.15) is 58.8 Å². The van der Waals surface area contributed by atoms with Crippen molar-refractivity contribution >= 4 is 6.03 Å². The van der Waals surface area contributed by atoms with Crippen LogP contribution in [0.3, 0.4) is 0 Å². The predicted molar refractivity (Wildman–Crippen MR) is 70.0 cm³/mol. The van der Waals surface area contributed by atoms with Gasteiger partial charge in [-0.25, -0.2) is 4.79 Å². The molecular formula is C14H26N2O. The molecule has 2 rings (SSSR count). The van der Waals surface area contributed by atoms with Crippen LogP contribution in [0.4, 0.5) is 4.79 Å². The lowest BCUT2D eigenvalue weighted by Gasteiger charge is -2.30. The van der Waals surface area contributed by atoms with Crippen molar-refractivity contribution in [1.29, 1.82) is 0 Å². The Bertz CT molecular complexity index is 255. The predicted octanol–water partition coefficient (Wildman–Crippen LogP) is 3.15. The Morgan fingerprint density at radius 2 is 1.88 bits per heavy atom. The normalized spacial score (nSPS) is 20.9. The summed E-state index contributed by atoms with van der Waals surface area (Å²) in [5.74, 6) is 0.674. The summed E-state index contributed by atoms with van der Waals surface area (Å²) in [6.07, 6.45) is 8.46. The van der Waals surface area contributed by atoms with Crippen LogP contribution in [-0.4, -0.2) is 29.6 Å². The average molecular weight is 238 g/mol. The molecule has 0 atom stereocenters. The zero-order chi connectivity index (χ0) is 12.3. The molecule has 0 saturated heterocycles. The largest absolute Gasteiger partial charge is 0.335 e. The first-order valence-electron chi connectivity index (χ1n) is 7.24. The van der Waals surface area contributed by atoms with Gasteiger partial charge in [0.15, 0.2) is 0 Å². The minimum Gasteiger partial charge on any atom is -0.335 e. The lowest BCUT2D eigenvalue weighted by Crippen LogP contribution is -2.46. The molecule has 2 aliphatic carbocycles. The molecule has 0 heterocycles. The summed E-state index contributed by atoms with van der Waals surface area (Å²) >= 11 is 0. The van der Waals surface area contributed by atoms with E-state index in [1.54, 1.807) is 0 Å². The van der Waals surface area contributed by atoms with Crippen LogP contribution in [0.25, 0.3) is 0 Å². The van der Waals surface area contributed by atoms with E-state index in [1.165, 1.54) is 38.5 Å². The van der Waals surface area contributed by atoms with Crippen molar-refractivity contribution < 1.29 is 4.79 Å². The second kappa shape index (κ2) is 5.74. The molecule has 17 heavy (non-hydrogen) atoms. The van der Waals surface area contributed by atoms with Gasteiger partial charge in [-0.05, 0) is 38.0 Å². The van der Waals surface area contributed by atoms with Crippen molar-refractivity contribution in [3.63, 3.8) is 0 Å². The molecule has 0 radical (unpaired) electrons. The average Bonchev–Trinajstić information content (AvgIpc) is 2.92. The van der Waals surface area contributed by atoms with E-state index >= 15 is 0 Å². The highest BCUT2D eigenvalue weighted by Gasteiger charge is 2.30. The third-order valence-corrected chi connectivity index (χ3v) is 3.88. The summed E-state index contributed by atoms with van der Waals surface area (Å²) in [5, 5.41) is 3.14. The maximum Gasteiger partial charge on any atom is 0.317 e. The molecule has 0 aromatic rings. The maximum atomic E-state index is 12.2. The summed E-state index contributed by atoms with van der Waals surface area (Å²) in [7, 11) is 0. The molecule has 2 aliphatic rings. The monoisotopic (exact) mass is 238 g/mol. The number of carbonyl (C=O) groups excluding carboxylic acids is 1. The van der Waals surface area contributed by atoms with Crippen molar-refractivity contribution in [2.24, 2.45) is 5.92 Å². The molecule has 98 valence electrons. The fourth-order valence-electron chi connectivity index (χ4n) is 2.55. The lowest BCUT2D eigenvalue weighted by molar-refractivity contribution is 0.170. The van der Waals surface area contributed by atoms with Crippen LogP contribution in [0, 0.1) is 5.92 Å². The molecule has 1 N–H and O–H groups in total. The molecule has 0 spiro atoms. The fourth-order valence-corrected chi connectivity index (χ4v) is 2.55. The Labute approximate surface area is 105 Å². The molecule has 0 unspecified atom stereocenters. The number of nitrogens with zero attached hydrogens (tertiary/aromatic N) is 1. The van der Waals surface area contributed by atoms with Gasteiger partial charge in [-0.15, -0.1) is 0 Å². The van der Waals surface area contributed by atoms with E-state index in [9.17, 15) is 4.79 Å². The summed E-state index contributed by atoms with van der Waals surface area (Å²) in [6.45, 7) is 5.39. The molecule has 3 nitrogen and oxygen atoms in total. The second-order valence-electron chi connectivity index (χ2n) is 6.04. The van der Waals surface area contributed by atoms with Crippen molar-refractivity contribution in [3.05, 3.63) is 0 Å². The standard InChI is InChI=1S/C14H26N2O/c1-11(2)9-10-16(13-5-3-4-6-13)14(17)15-12-7-8-12/h11-13H,3-10H2,1-2H3,(H,15,17). The van der Waals surface area contributed by atoms with Crippen LogP contribution < -0.4 is 5.32 Å². The molecule has 2 fully saturated rings. The number of amides is 2. The van der Waals surface area contributed by atoms with Gasteiger partial charge in [-0.3, -0.25) is 0 Å². The van der Waals surface area contributed by atoms with Crippen LogP contribution >= 0.6 is 0 Å². The van der Waals surface area contributed by atoms with E-state index in [4.69, 9.17) is 0 Å². The third kappa shape index (κ3) is 3.90. The van der Waals surface area contributed by atoms with E-state index in [-0.39, 0.29) is 6.03 Å². The summed E-state index contributed by atoms with van der Waals surface area (Å²) < 4.78 is 0. The van der Waals surface area contributed by atoms with E-state index in [1.807, 2.05) is 0 Å². The summed E-state index contributed by atoms with van der Waals surface area (Å²) in [6, 6.07) is 1.18. The second-order valence-corrected chi connectivity index (χ2v) is 6.04. The highest BCUT2D eigenvalue weighted by Crippen LogP contribution is 2.25. The Hall–Kier alpha value is -0.730. The number of rotatable bonds is 5. The van der Waals surface area contributed by atoms with Crippen LogP contribution in [0.2, 0.25) is 0 Å². The Balaban J connectivity index is 1.87. The van der Waals surface area contributed by atoms with Gasteiger partial charge in [-0.1, -0.05) is 26.7 Å². The number of hydrogen-bond donors (Lipinski definition) is 1. The number of carbonyl (C=O) groups is 1. The summed E-state index contributed by atoms with van der Waals surface area (Å²) in [4.78, 5) is 14.3. The smallest absolute Gasteiger partial charge is 0.317 e. The molecule has 2 saturated carbocycles. The van der Waals surface area contributed by atoms with E-state index in [0.717, 1.165) is 13.0 Å². The van der Waals surface area contributed by atoms with Crippen molar-refractivity contribution in [3.8, 4) is 0 Å². The van der Waals surface area contributed by atoms with Gasteiger partial charge in [0.05, 0.1) is 0 Å². The van der Waals surface area contributed by atoms with Crippen LogP contribution in [-0.2, 0) is 0 Å². The number of nitrogens with one attached hydrogen (secondary N) is 1. The Morgan fingerprint density at radius 3 is 2.41 bits per heavy atom. The van der Waals surface area contributed by atoms with Crippen molar-refractivity contribution in [2.45, 2.75) is 70.9 Å². The molecule has 2 amide bonds. The lowest BCUT2D eigenvalue weighted by atomic mass is 10.1. The summed E-state index contributed by atoms with van der Waals surface area (Å²) in [5.41, 5.74) is 0. The van der Waals surface area contributed by atoms with E-state index in [0.29, 0.717) is 18.0 Å². The van der Waals surface area contributed by atoms with E-state index < -0.39 is 0 Å². The first-order valence-corrected chi connectivity index (χ1v) is 7.24. The highest BCUT2D eigenvalue weighted by molar-refractivity contribution is 5.75. The Kier molecular flexibility index (Phi) is 4.30. The topological polar surface area (TPSA) is 32.3 Å². The molecular weight excluding hydrogens is 212 g/mol.